The molecule has 2 unspecified atom stereocenters. The van der Waals surface area contributed by atoms with Gasteiger partial charge in [-0.2, -0.15) is 4.31 Å². The lowest BCUT2D eigenvalue weighted by atomic mass is 9.97. The van der Waals surface area contributed by atoms with Gasteiger partial charge >= 0.3 is 12.1 Å². The van der Waals surface area contributed by atoms with Crippen molar-refractivity contribution in [2.45, 2.75) is 76.6 Å². The molecule has 0 bridgehead atoms. The van der Waals surface area contributed by atoms with Gasteiger partial charge in [0, 0.05) is 36.1 Å². The zero-order chi connectivity index (χ0) is 32.1. The lowest BCUT2D eigenvalue weighted by Crippen LogP contribution is -2.53. The highest BCUT2D eigenvalue weighted by atomic mass is 32.2. The predicted octanol–water partition coefficient (Wildman–Crippen LogP) is 4.63. The van der Waals surface area contributed by atoms with Gasteiger partial charge in [-0.25, -0.2) is 22.4 Å². The Kier molecular flexibility index (Phi) is 8.37. The van der Waals surface area contributed by atoms with Crippen LogP contribution in [0.5, 0.6) is 0 Å². The van der Waals surface area contributed by atoms with Crippen molar-refractivity contribution >= 4 is 38.9 Å². The number of hydrogen-bond donors (Lipinski definition) is 3. The third-order valence-corrected chi connectivity index (χ3v) is 8.76. The molecule has 2 heterocycles. The number of H-pyrrole nitrogens is 1. The maximum Gasteiger partial charge on any atom is 0.408 e. The maximum absolute atomic E-state index is 14.1. The third kappa shape index (κ3) is 6.67. The number of fused-ring (bicyclic) bond motifs is 2. The second-order valence-corrected chi connectivity index (χ2v) is 14.2. The molecule has 3 N–H and O–H groups in total. The minimum absolute atomic E-state index is 0.0291. The zero-order valence-corrected chi connectivity index (χ0v) is 26.2. The van der Waals surface area contributed by atoms with Crippen LogP contribution in [0.4, 0.5) is 9.18 Å². The first-order chi connectivity index (χ1) is 19.8. The van der Waals surface area contributed by atoms with Crippen molar-refractivity contribution < 1.29 is 36.7 Å². The SMILES string of the molecule is CNC(=O)C(CN1C(C)c2cc(-c3c(C(=O)OC(C)(C)C)[nH]c4cc(F)ccc34)ccc2S1(=O)=O)NC(=O)OC(C)(C)C. The summed E-state index contributed by atoms with van der Waals surface area (Å²) in [7, 11) is -2.70. The molecule has 3 aromatic rings. The molecule has 0 saturated heterocycles. The van der Waals surface area contributed by atoms with E-state index in [1.54, 1.807) is 66.7 Å². The lowest BCUT2D eigenvalue weighted by molar-refractivity contribution is -0.123. The summed E-state index contributed by atoms with van der Waals surface area (Å²) in [6, 6.07) is 6.78. The number of esters is 1. The molecular formula is C30H37FN4O7S. The number of aromatic amines is 1. The average molecular weight is 617 g/mol. The number of carbonyl (C=O) groups is 3. The molecule has 2 atom stereocenters. The summed E-state index contributed by atoms with van der Waals surface area (Å²) in [6.07, 6.45) is -0.865. The van der Waals surface area contributed by atoms with E-state index < -0.39 is 57.1 Å². The van der Waals surface area contributed by atoms with Gasteiger partial charge in [-0.05, 0) is 89.9 Å². The van der Waals surface area contributed by atoms with Gasteiger partial charge < -0.3 is 25.1 Å². The lowest BCUT2D eigenvalue weighted by Gasteiger charge is -2.27. The van der Waals surface area contributed by atoms with Crippen LogP contribution < -0.4 is 10.6 Å². The molecule has 2 aromatic carbocycles. The third-order valence-electron chi connectivity index (χ3n) is 6.75. The summed E-state index contributed by atoms with van der Waals surface area (Å²) in [6.45, 7) is 11.5. The number of hydrogen-bond acceptors (Lipinski definition) is 7. The van der Waals surface area contributed by atoms with Crippen LogP contribution in [0.2, 0.25) is 0 Å². The second-order valence-electron chi connectivity index (χ2n) is 12.4. The molecule has 0 radical (unpaired) electrons. The van der Waals surface area contributed by atoms with Crippen molar-refractivity contribution in [3.63, 3.8) is 0 Å². The molecule has 43 heavy (non-hydrogen) atoms. The molecule has 0 saturated carbocycles. The average Bonchev–Trinajstić information content (AvgIpc) is 3.34. The van der Waals surface area contributed by atoms with E-state index in [0.717, 1.165) is 4.31 Å². The number of halogens is 1. The Bertz CT molecular complexity index is 1700. The smallest absolute Gasteiger partial charge is 0.408 e. The van der Waals surface area contributed by atoms with Crippen molar-refractivity contribution in [3.05, 3.63) is 53.5 Å². The topological polar surface area (TPSA) is 147 Å². The second kappa shape index (κ2) is 11.3. The number of nitrogens with one attached hydrogen (secondary N) is 3. The van der Waals surface area contributed by atoms with Crippen LogP contribution in [0.3, 0.4) is 0 Å². The van der Waals surface area contributed by atoms with E-state index in [9.17, 15) is 27.2 Å². The first kappa shape index (κ1) is 32.0. The van der Waals surface area contributed by atoms with Gasteiger partial charge in [0.05, 0.1) is 4.90 Å². The quantitative estimate of drug-likeness (QED) is 0.342. The van der Waals surface area contributed by atoms with Crippen LogP contribution in [0, 0.1) is 5.82 Å². The molecule has 4 rings (SSSR count). The molecule has 0 aliphatic carbocycles. The van der Waals surface area contributed by atoms with Crippen LogP contribution in [-0.2, 0) is 24.3 Å². The molecule has 232 valence electrons. The zero-order valence-electron chi connectivity index (χ0n) is 25.4. The molecule has 13 heteroatoms. The van der Waals surface area contributed by atoms with E-state index >= 15 is 0 Å². The van der Waals surface area contributed by atoms with E-state index in [4.69, 9.17) is 9.47 Å². The number of likely N-dealkylation sites (N-methyl/N-ethyl adjacent to an activating group) is 1. The largest absolute Gasteiger partial charge is 0.455 e. The molecule has 2 amide bonds. The fourth-order valence-electron chi connectivity index (χ4n) is 4.96. The number of sulfonamides is 1. The standard InChI is InChI=1S/C30H37FN4O7S/c1-16-20-13-17(24-19-11-10-18(31)14-21(19)33-25(24)27(37)41-29(2,3)4)9-12-23(20)43(39,40)35(16)15-22(26(36)32-8)34-28(38)42-30(5,6)7/h9-14,16,22,33H,15H2,1-8H3,(H,32,36)(H,34,38). The van der Waals surface area contributed by atoms with Gasteiger partial charge in [0.25, 0.3) is 0 Å². The van der Waals surface area contributed by atoms with Crippen LogP contribution in [0.25, 0.3) is 22.0 Å². The highest BCUT2D eigenvalue weighted by Crippen LogP contribution is 2.43. The molecule has 1 aromatic heterocycles. The number of aromatic nitrogens is 1. The van der Waals surface area contributed by atoms with E-state index in [2.05, 4.69) is 15.6 Å². The van der Waals surface area contributed by atoms with Crippen molar-refractivity contribution in [1.29, 1.82) is 0 Å². The Balaban J connectivity index is 1.75. The van der Waals surface area contributed by atoms with Crippen molar-refractivity contribution in [2.24, 2.45) is 0 Å². The number of carbonyl (C=O) groups excluding carboxylic acids is 3. The number of alkyl carbamates (subject to hydrolysis) is 1. The fraction of sp³-hybridized carbons (Fsp3) is 0.433. The van der Waals surface area contributed by atoms with Crippen LogP contribution in [-0.4, -0.2) is 66.5 Å². The van der Waals surface area contributed by atoms with Crippen molar-refractivity contribution in [3.8, 4) is 11.1 Å². The van der Waals surface area contributed by atoms with Gasteiger partial charge in [-0.3, -0.25) is 4.79 Å². The first-order valence-electron chi connectivity index (χ1n) is 13.7. The number of rotatable bonds is 6. The Morgan fingerprint density at radius 1 is 1.02 bits per heavy atom. The van der Waals surface area contributed by atoms with Crippen LogP contribution in [0.15, 0.2) is 41.3 Å². The van der Waals surface area contributed by atoms with Gasteiger partial charge in [-0.15, -0.1) is 0 Å². The highest BCUT2D eigenvalue weighted by molar-refractivity contribution is 7.89. The summed E-state index contributed by atoms with van der Waals surface area (Å²) >= 11 is 0. The Morgan fingerprint density at radius 3 is 2.28 bits per heavy atom. The Morgan fingerprint density at radius 2 is 1.67 bits per heavy atom. The molecule has 1 aliphatic rings. The van der Waals surface area contributed by atoms with E-state index in [1.165, 1.54) is 25.2 Å². The molecule has 11 nitrogen and oxygen atoms in total. The first-order valence-corrected chi connectivity index (χ1v) is 15.2. The highest BCUT2D eigenvalue weighted by Gasteiger charge is 2.43. The number of amides is 2. The predicted molar refractivity (Wildman–Crippen MR) is 158 cm³/mol. The summed E-state index contributed by atoms with van der Waals surface area (Å²) in [4.78, 5) is 41.3. The van der Waals surface area contributed by atoms with Gasteiger partial charge in [0.1, 0.15) is 28.8 Å². The minimum Gasteiger partial charge on any atom is -0.455 e. The van der Waals surface area contributed by atoms with Crippen molar-refractivity contribution in [1.82, 2.24) is 19.9 Å². The van der Waals surface area contributed by atoms with Crippen LogP contribution >= 0.6 is 0 Å². The molecule has 1 aliphatic heterocycles. The van der Waals surface area contributed by atoms with Gasteiger partial charge in [0.15, 0.2) is 0 Å². The minimum atomic E-state index is -4.08. The maximum atomic E-state index is 14.1. The molecular weight excluding hydrogens is 579 g/mol. The number of nitrogens with zero attached hydrogens (tertiary/aromatic N) is 1. The molecule has 0 fully saturated rings. The summed E-state index contributed by atoms with van der Waals surface area (Å²) in [5.41, 5.74) is 0.219. The van der Waals surface area contributed by atoms with E-state index in [-0.39, 0.29) is 17.1 Å². The summed E-state index contributed by atoms with van der Waals surface area (Å²) in [5.74, 6) is -1.74. The Hall–Kier alpha value is -3.97. The monoisotopic (exact) mass is 616 g/mol. The summed E-state index contributed by atoms with van der Waals surface area (Å²) in [5, 5.41) is 5.46. The van der Waals surface area contributed by atoms with Crippen LogP contribution in [0.1, 0.15) is 70.6 Å². The fourth-order valence-corrected chi connectivity index (χ4v) is 6.86. The summed E-state index contributed by atoms with van der Waals surface area (Å²) < 4.78 is 53.4. The van der Waals surface area contributed by atoms with E-state index in [0.29, 0.717) is 27.6 Å². The number of ether oxygens (including phenoxy) is 2. The Labute approximate surface area is 250 Å². The number of benzene rings is 2. The van der Waals surface area contributed by atoms with E-state index in [1.807, 2.05) is 0 Å². The van der Waals surface area contributed by atoms with Crippen molar-refractivity contribution in [2.75, 3.05) is 13.6 Å². The normalized spacial score (nSPS) is 17.3. The molecule has 0 spiro atoms. The van der Waals surface area contributed by atoms with Gasteiger partial charge in [-0.1, -0.05) is 6.07 Å². The van der Waals surface area contributed by atoms with Gasteiger partial charge in [0.2, 0.25) is 15.9 Å².